The van der Waals surface area contributed by atoms with E-state index in [9.17, 15) is 5.26 Å². The zero-order valence-corrected chi connectivity index (χ0v) is 24.1. The van der Waals surface area contributed by atoms with Crippen LogP contribution in [0.25, 0.3) is 66.2 Å². The third kappa shape index (κ3) is 3.83. The summed E-state index contributed by atoms with van der Waals surface area (Å²) in [5.41, 5.74) is 12.5. The summed E-state index contributed by atoms with van der Waals surface area (Å²) in [4.78, 5) is 4.54. The van der Waals surface area contributed by atoms with Crippen molar-refractivity contribution in [3.63, 3.8) is 0 Å². The van der Waals surface area contributed by atoms with Gasteiger partial charge in [-0.3, -0.25) is 4.98 Å². The lowest BCUT2D eigenvalue weighted by atomic mass is 9.80. The van der Waals surface area contributed by atoms with E-state index in [-0.39, 0.29) is 5.41 Å². The summed E-state index contributed by atoms with van der Waals surface area (Å²) in [7, 11) is 0. The van der Waals surface area contributed by atoms with Crippen molar-refractivity contribution in [2.24, 2.45) is 0 Å². The van der Waals surface area contributed by atoms with Crippen LogP contribution in [0.2, 0.25) is 0 Å². The predicted octanol–water partition coefficient (Wildman–Crippen LogP) is 10.6. The molecule has 43 heavy (non-hydrogen) atoms. The van der Waals surface area contributed by atoms with Crippen LogP contribution in [0.4, 0.5) is 0 Å². The van der Waals surface area contributed by atoms with Crippen molar-refractivity contribution in [3.8, 4) is 50.7 Å². The predicted molar refractivity (Wildman–Crippen MR) is 178 cm³/mol. The number of nitriles is 1. The molecule has 1 heterocycles. The molecule has 0 aliphatic heterocycles. The van der Waals surface area contributed by atoms with E-state index in [4.69, 9.17) is 0 Å². The van der Waals surface area contributed by atoms with Crippen molar-refractivity contribution in [1.82, 2.24) is 4.98 Å². The molecule has 0 atom stereocenters. The number of rotatable bonds is 3. The van der Waals surface area contributed by atoms with Crippen LogP contribution in [-0.2, 0) is 5.41 Å². The van der Waals surface area contributed by atoms with Crippen molar-refractivity contribution in [2.45, 2.75) is 19.3 Å². The molecule has 0 saturated carbocycles. The third-order valence-electron chi connectivity index (χ3n) is 9.16. The van der Waals surface area contributed by atoms with Gasteiger partial charge in [-0.05, 0) is 96.4 Å². The first-order valence-electron chi connectivity index (χ1n) is 14.7. The van der Waals surface area contributed by atoms with Crippen LogP contribution in [0.1, 0.15) is 30.5 Å². The standard InChI is InChI=1S/C41H28N2/c1-41(2)36-23-26(25-42)14-20-30(36)31-21-19-29(24-37(31)41)40-34-11-5-3-9-32(34)39(33-10-4-6-12-35(33)40)28-17-15-27(16-18-28)38-13-7-8-22-43-38/h3-24H,1-2H3. The largest absolute Gasteiger partial charge is 0.256 e. The Morgan fingerprint density at radius 3 is 1.63 bits per heavy atom. The molecule has 0 unspecified atom stereocenters. The molecule has 7 aromatic rings. The van der Waals surface area contributed by atoms with Crippen molar-refractivity contribution >= 4 is 21.5 Å². The van der Waals surface area contributed by atoms with Crippen molar-refractivity contribution in [2.75, 3.05) is 0 Å². The molecule has 2 nitrogen and oxygen atoms in total. The van der Waals surface area contributed by atoms with Gasteiger partial charge in [0.05, 0.1) is 17.3 Å². The molecular formula is C41H28N2. The minimum Gasteiger partial charge on any atom is -0.256 e. The van der Waals surface area contributed by atoms with Crippen LogP contribution in [0.15, 0.2) is 134 Å². The fourth-order valence-electron chi connectivity index (χ4n) is 7.05. The molecule has 0 spiro atoms. The summed E-state index contributed by atoms with van der Waals surface area (Å²) >= 11 is 0. The number of aromatic nitrogens is 1. The van der Waals surface area contributed by atoms with Crippen LogP contribution >= 0.6 is 0 Å². The highest BCUT2D eigenvalue weighted by Gasteiger charge is 2.36. The Labute approximate surface area is 251 Å². The molecule has 1 aliphatic carbocycles. The summed E-state index contributed by atoms with van der Waals surface area (Å²) < 4.78 is 0. The van der Waals surface area contributed by atoms with Gasteiger partial charge < -0.3 is 0 Å². The number of benzene rings is 6. The Kier molecular flexibility index (Phi) is 5.58. The molecule has 0 amide bonds. The Bertz CT molecular complexity index is 2190. The van der Waals surface area contributed by atoms with Crippen molar-refractivity contribution in [1.29, 1.82) is 5.26 Å². The molecular weight excluding hydrogens is 520 g/mol. The highest BCUT2D eigenvalue weighted by atomic mass is 14.7. The molecule has 0 bridgehead atoms. The van der Waals surface area contributed by atoms with E-state index in [1.165, 1.54) is 66.1 Å². The SMILES string of the molecule is CC1(C)c2cc(C#N)ccc2-c2ccc(-c3c4ccccc4c(-c4ccc(-c5ccccn5)cc4)c4ccccc34)cc21. The van der Waals surface area contributed by atoms with Gasteiger partial charge in [0.2, 0.25) is 0 Å². The molecule has 8 rings (SSSR count). The lowest BCUT2D eigenvalue weighted by Crippen LogP contribution is -2.15. The third-order valence-corrected chi connectivity index (χ3v) is 9.16. The zero-order chi connectivity index (χ0) is 29.1. The number of pyridine rings is 1. The average molecular weight is 549 g/mol. The minimum absolute atomic E-state index is 0.200. The van der Waals surface area contributed by atoms with E-state index in [1.54, 1.807) is 0 Å². The van der Waals surface area contributed by atoms with Crippen molar-refractivity contribution in [3.05, 3.63) is 150 Å². The van der Waals surface area contributed by atoms with E-state index in [0.29, 0.717) is 5.56 Å². The summed E-state index contributed by atoms with van der Waals surface area (Å²) in [5, 5.41) is 14.5. The maximum Gasteiger partial charge on any atom is 0.0991 e. The number of fused-ring (bicyclic) bond motifs is 5. The van der Waals surface area contributed by atoms with Gasteiger partial charge >= 0.3 is 0 Å². The highest BCUT2D eigenvalue weighted by Crippen LogP contribution is 2.51. The molecule has 0 saturated heterocycles. The maximum atomic E-state index is 9.57. The number of hydrogen-bond donors (Lipinski definition) is 0. The highest BCUT2D eigenvalue weighted by molar-refractivity contribution is 6.21. The summed E-state index contributed by atoms with van der Waals surface area (Å²) in [6.45, 7) is 4.55. The van der Waals surface area contributed by atoms with E-state index >= 15 is 0 Å². The molecule has 0 fully saturated rings. The van der Waals surface area contributed by atoms with Gasteiger partial charge in [-0.2, -0.15) is 5.26 Å². The minimum atomic E-state index is -0.200. The quantitative estimate of drug-likeness (QED) is 0.206. The first-order chi connectivity index (χ1) is 21.0. The van der Waals surface area contributed by atoms with Gasteiger partial charge in [0.25, 0.3) is 0 Å². The first kappa shape index (κ1) is 25.2. The Morgan fingerprint density at radius 1 is 0.535 bits per heavy atom. The lowest BCUT2D eigenvalue weighted by Gasteiger charge is -2.23. The number of hydrogen-bond acceptors (Lipinski definition) is 2. The second kappa shape index (κ2) is 9.51. The van der Waals surface area contributed by atoms with Crippen molar-refractivity contribution < 1.29 is 0 Å². The smallest absolute Gasteiger partial charge is 0.0991 e. The Morgan fingerprint density at radius 2 is 1.05 bits per heavy atom. The normalized spacial score (nSPS) is 13.0. The fraction of sp³-hybridized carbons (Fsp3) is 0.0732. The zero-order valence-electron chi connectivity index (χ0n) is 24.1. The Hall–Kier alpha value is -5.52. The topological polar surface area (TPSA) is 36.7 Å². The van der Waals surface area contributed by atoms with Gasteiger partial charge in [0.15, 0.2) is 0 Å². The molecule has 0 N–H and O–H groups in total. The van der Waals surface area contributed by atoms with Gasteiger partial charge in [-0.25, -0.2) is 0 Å². The van der Waals surface area contributed by atoms with E-state index in [1.807, 2.05) is 30.5 Å². The molecule has 0 radical (unpaired) electrons. The Balaban J connectivity index is 1.35. The van der Waals surface area contributed by atoms with Gasteiger partial charge in [-0.15, -0.1) is 0 Å². The molecule has 1 aliphatic rings. The lowest BCUT2D eigenvalue weighted by molar-refractivity contribution is 0.660. The monoisotopic (exact) mass is 548 g/mol. The van der Waals surface area contributed by atoms with E-state index < -0.39 is 0 Å². The van der Waals surface area contributed by atoms with Crippen LogP contribution in [0, 0.1) is 11.3 Å². The van der Waals surface area contributed by atoms with Crippen LogP contribution < -0.4 is 0 Å². The summed E-state index contributed by atoms with van der Waals surface area (Å²) in [6.07, 6.45) is 1.84. The summed E-state index contributed by atoms with van der Waals surface area (Å²) in [5.74, 6) is 0. The molecule has 6 aromatic carbocycles. The fourth-order valence-corrected chi connectivity index (χ4v) is 7.05. The van der Waals surface area contributed by atoms with Crippen LogP contribution in [0.5, 0.6) is 0 Å². The second-order valence-corrected chi connectivity index (χ2v) is 11.9. The van der Waals surface area contributed by atoms with Gasteiger partial charge in [0, 0.05) is 17.2 Å². The molecule has 202 valence electrons. The molecule has 1 aromatic heterocycles. The van der Waals surface area contributed by atoms with Gasteiger partial charge in [-0.1, -0.05) is 111 Å². The maximum absolute atomic E-state index is 9.57. The second-order valence-electron chi connectivity index (χ2n) is 11.9. The average Bonchev–Trinajstić information content (AvgIpc) is 3.29. The van der Waals surface area contributed by atoms with Crippen LogP contribution in [-0.4, -0.2) is 4.98 Å². The summed E-state index contributed by atoms with van der Waals surface area (Å²) in [6, 6.07) is 47.8. The number of nitrogens with zero attached hydrogens (tertiary/aromatic N) is 2. The van der Waals surface area contributed by atoms with Gasteiger partial charge in [0.1, 0.15) is 0 Å². The van der Waals surface area contributed by atoms with Crippen LogP contribution in [0.3, 0.4) is 0 Å². The van der Waals surface area contributed by atoms with E-state index in [2.05, 4.69) is 128 Å². The molecule has 2 heteroatoms. The van der Waals surface area contributed by atoms with E-state index in [0.717, 1.165) is 11.3 Å². The first-order valence-corrected chi connectivity index (χ1v) is 14.7.